The lowest BCUT2D eigenvalue weighted by atomic mass is 9.92. The van der Waals surface area contributed by atoms with Crippen molar-refractivity contribution >= 4 is 20.7 Å². The quantitative estimate of drug-likeness (QED) is 0.429. The van der Waals surface area contributed by atoms with E-state index in [9.17, 15) is 13.5 Å². The van der Waals surface area contributed by atoms with Crippen LogP contribution in [0.4, 0.5) is 0 Å². The first-order valence-electron chi connectivity index (χ1n) is 5.02. The molecular formula is C11H7N3O4S. The monoisotopic (exact) mass is 277 g/mol. The second kappa shape index (κ2) is 4.42. The topological polar surface area (TPSA) is 135 Å². The number of hydrogen-bond donors (Lipinski definition) is 2. The Hall–Kier alpha value is -2.30. The van der Waals surface area contributed by atoms with Gasteiger partial charge in [0.1, 0.15) is 4.91 Å². The van der Waals surface area contributed by atoms with E-state index in [4.69, 9.17) is 15.3 Å². The summed E-state index contributed by atoms with van der Waals surface area (Å²) in [5.41, 5.74) is 8.98. The van der Waals surface area contributed by atoms with E-state index in [1.807, 2.05) is 6.07 Å². The van der Waals surface area contributed by atoms with Gasteiger partial charge in [0.15, 0.2) is 6.10 Å². The Balaban J connectivity index is 2.85. The number of benzene rings is 1. The van der Waals surface area contributed by atoms with Gasteiger partial charge in [-0.25, -0.2) is 0 Å². The third-order valence-corrected chi connectivity index (χ3v) is 3.58. The van der Waals surface area contributed by atoms with Crippen molar-refractivity contribution in [2.75, 3.05) is 0 Å². The third-order valence-electron chi connectivity index (χ3n) is 2.67. The van der Waals surface area contributed by atoms with Crippen molar-refractivity contribution in [1.29, 1.82) is 5.26 Å². The van der Waals surface area contributed by atoms with Crippen molar-refractivity contribution in [3.05, 3.63) is 46.5 Å². The summed E-state index contributed by atoms with van der Waals surface area (Å²) in [6, 6.07) is 5.77. The molecule has 0 spiro atoms. The largest absolute Gasteiger partial charge is 0.377 e. The SMILES string of the molecule is N#Cc1ccc2c(c1)C(S(=O)(=O)O)=CC(O)C2=[N+]=[N-]. The Morgan fingerprint density at radius 1 is 1.37 bits per heavy atom. The number of fused-ring (bicyclic) bond motifs is 1. The molecule has 1 aliphatic carbocycles. The maximum Gasteiger partial charge on any atom is 0.331 e. The van der Waals surface area contributed by atoms with E-state index in [1.165, 1.54) is 18.2 Å². The van der Waals surface area contributed by atoms with Crippen LogP contribution in [-0.2, 0) is 10.1 Å². The fraction of sp³-hybridized carbons (Fsp3) is 0.0909. The fourth-order valence-corrected chi connectivity index (χ4v) is 2.60. The Morgan fingerprint density at radius 2 is 2.05 bits per heavy atom. The van der Waals surface area contributed by atoms with E-state index in [-0.39, 0.29) is 22.4 Å². The molecule has 0 radical (unpaired) electrons. The van der Waals surface area contributed by atoms with Gasteiger partial charge in [-0.05, 0) is 24.3 Å². The molecule has 0 saturated heterocycles. The summed E-state index contributed by atoms with van der Waals surface area (Å²) in [7, 11) is -4.57. The van der Waals surface area contributed by atoms with Crippen molar-refractivity contribution in [3.8, 4) is 6.07 Å². The van der Waals surface area contributed by atoms with Crippen LogP contribution in [0.25, 0.3) is 10.4 Å². The summed E-state index contributed by atoms with van der Waals surface area (Å²) in [5, 5.41) is 18.5. The first-order chi connectivity index (χ1) is 8.88. The second-order valence-electron chi connectivity index (χ2n) is 3.81. The van der Waals surface area contributed by atoms with Crippen LogP contribution < -0.4 is 0 Å². The smallest absolute Gasteiger partial charge is 0.331 e. The fourth-order valence-electron chi connectivity index (χ4n) is 1.85. The molecular weight excluding hydrogens is 270 g/mol. The van der Waals surface area contributed by atoms with E-state index in [0.717, 1.165) is 6.08 Å². The first-order valence-corrected chi connectivity index (χ1v) is 6.46. The second-order valence-corrected chi connectivity index (χ2v) is 5.20. The molecule has 0 saturated carbocycles. The van der Waals surface area contributed by atoms with Crippen LogP contribution in [0, 0.1) is 11.3 Å². The van der Waals surface area contributed by atoms with Crippen LogP contribution in [0.1, 0.15) is 16.7 Å². The van der Waals surface area contributed by atoms with Crippen LogP contribution in [0.15, 0.2) is 24.3 Å². The summed E-state index contributed by atoms with van der Waals surface area (Å²) in [6.07, 6.45) is -0.629. The van der Waals surface area contributed by atoms with Gasteiger partial charge in [0.25, 0.3) is 10.1 Å². The van der Waals surface area contributed by atoms with Gasteiger partial charge < -0.3 is 10.6 Å². The Bertz CT molecular complexity index is 783. The Morgan fingerprint density at radius 3 is 2.58 bits per heavy atom. The Kier molecular flexibility index (Phi) is 3.06. The maximum absolute atomic E-state index is 11.3. The minimum atomic E-state index is -4.57. The molecule has 0 heterocycles. The van der Waals surface area contributed by atoms with Gasteiger partial charge in [0.2, 0.25) is 0 Å². The van der Waals surface area contributed by atoms with Crippen LogP contribution in [0.5, 0.6) is 0 Å². The lowest BCUT2D eigenvalue weighted by Crippen LogP contribution is -2.27. The molecule has 0 bridgehead atoms. The van der Waals surface area contributed by atoms with Gasteiger partial charge in [0, 0.05) is 5.56 Å². The van der Waals surface area contributed by atoms with Crippen molar-refractivity contribution < 1.29 is 22.9 Å². The van der Waals surface area contributed by atoms with Crippen molar-refractivity contribution in [2.24, 2.45) is 0 Å². The van der Waals surface area contributed by atoms with Gasteiger partial charge in [0.05, 0.1) is 17.2 Å². The van der Waals surface area contributed by atoms with Crippen LogP contribution in [-0.4, -0.2) is 34.7 Å². The lowest BCUT2D eigenvalue weighted by molar-refractivity contribution is -0.0158. The highest BCUT2D eigenvalue weighted by Crippen LogP contribution is 2.30. The van der Waals surface area contributed by atoms with Gasteiger partial charge in [-0.1, -0.05) is 0 Å². The van der Waals surface area contributed by atoms with Gasteiger partial charge >= 0.3 is 5.71 Å². The van der Waals surface area contributed by atoms with Crippen molar-refractivity contribution in [3.63, 3.8) is 0 Å². The summed E-state index contributed by atoms with van der Waals surface area (Å²) < 4.78 is 31.7. The molecule has 1 atom stereocenters. The molecule has 2 rings (SSSR count). The molecule has 0 aliphatic heterocycles. The molecule has 96 valence electrons. The first kappa shape index (κ1) is 13.1. The number of hydrogen-bond acceptors (Lipinski definition) is 4. The number of nitrogens with zero attached hydrogens (tertiary/aromatic N) is 3. The van der Waals surface area contributed by atoms with E-state index >= 15 is 0 Å². The highest BCUT2D eigenvalue weighted by molar-refractivity contribution is 7.95. The molecule has 1 aliphatic rings. The Labute approximate surface area is 108 Å². The minimum absolute atomic E-state index is 0.000324. The van der Waals surface area contributed by atoms with E-state index < -0.39 is 21.1 Å². The minimum Gasteiger partial charge on any atom is -0.377 e. The normalized spacial score (nSPS) is 18.1. The van der Waals surface area contributed by atoms with Gasteiger partial charge in [-0.2, -0.15) is 18.5 Å². The molecule has 2 N–H and O–H groups in total. The number of aliphatic hydroxyl groups excluding tert-OH is 1. The molecule has 1 aromatic carbocycles. The molecule has 0 aromatic heterocycles. The summed E-state index contributed by atoms with van der Waals surface area (Å²) in [5.74, 6) is 0. The highest BCUT2D eigenvalue weighted by atomic mass is 32.2. The average Bonchev–Trinajstić information content (AvgIpc) is 2.36. The predicted molar refractivity (Wildman–Crippen MR) is 64.4 cm³/mol. The van der Waals surface area contributed by atoms with Crippen molar-refractivity contribution in [2.45, 2.75) is 6.10 Å². The predicted octanol–water partition coefficient (Wildman–Crippen LogP) is 0.180. The van der Waals surface area contributed by atoms with Crippen LogP contribution >= 0.6 is 0 Å². The summed E-state index contributed by atoms with van der Waals surface area (Å²) >= 11 is 0. The molecule has 8 heteroatoms. The summed E-state index contributed by atoms with van der Waals surface area (Å²) in [4.78, 5) is 2.38. The third kappa shape index (κ3) is 2.19. The van der Waals surface area contributed by atoms with Crippen LogP contribution in [0.3, 0.4) is 0 Å². The zero-order valence-electron chi connectivity index (χ0n) is 9.35. The standard InChI is InChI=1S/C11H7N3O4S/c12-5-6-1-2-7-8(3-6)10(19(16,17)18)4-9(15)11(7)14-13/h1-4,9,15H,(H,16,17,18). The van der Waals surface area contributed by atoms with E-state index in [0.29, 0.717) is 0 Å². The zero-order valence-corrected chi connectivity index (χ0v) is 10.2. The average molecular weight is 277 g/mol. The molecule has 19 heavy (non-hydrogen) atoms. The van der Waals surface area contributed by atoms with E-state index in [2.05, 4.69) is 4.79 Å². The highest BCUT2D eigenvalue weighted by Gasteiger charge is 2.35. The number of aliphatic hydroxyl groups is 1. The molecule has 7 nitrogen and oxygen atoms in total. The van der Waals surface area contributed by atoms with Gasteiger partial charge in [-0.15, -0.1) is 0 Å². The lowest BCUT2D eigenvalue weighted by Gasteiger charge is -2.16. The number of nitriles is 1. The summed E-state index contributed by atoms with van der Waals surface area (Å²) in [6.45, 7) is 0. The van der Waals surface area contributed by atoms with E-state index in [1.54, 1.807) is 0 Å². The van der Waals surface area contributed by atoms with Gasteiger partial charge in [-0.3, -0.25) is 4.55 Å². The number of rotatable bonds is 1. The maximum atomic E-state index is 11.3. The molecule has 1 unspecified atom stereocenters. The molecule has 0 amide bonds. The molecule has 1 aromatic rings. The zero-order chi connectivity index (χ0) is 14.2. The van der Waals surface area contributed by atoms with Crippen LogP contribution in [0.2, 0.25) is 0 Å². The molecule has 0 fully saturated rings. The van der Waals surface area contributed by atoms with Crippen molar-refractivity contribution in [1.82, 2.24) is 0 Å².